The Morgan fingerprint density at radius 3 is 2.90 bits per heavy atom. The lowest BCUT2D eigenvalue weighted by Gasteiger charge is -2.49. The number of aliphatic hydroxyl groups is 1. The van der Waals surface area contributed by atoms with Crippen LogP contribution in [0.1, 0.15) is 38.2 Å². The molecule has 1 aromatic rings. The third-order valence-electron chi connectivity index (χ3n) is 4.92. The summed E-state index contributed by atoms with van der Waals surface area (Å²) in [5.74, 6) is 0.331. The van der Waals surface area contributed by atoms with Crippen LogP contribution in [0, 0.1) is 5.41 Å². The van der Waals surface area contributed by atoms with E-state index < -0.39 is 0 Å². The lowest BCUT2D eigenvalue weighted by Crippen LogP contribution is -2.61. The molecule has 1 saturated carbocycles. The molecule has 1 aliphatic heterocycles. The van der Waals surface area contributed by atoms with E-state index in [1.54, 1.807) is 0 Å². The van der Waals surface area contributed by atoms with E-state index in [4.69, 9.17) is 0 Å². The summed E-state index contributed by atoms with van der Waals surface area (Å²) < 4.78 is 0. The lowest BCUT2D eigenvalue weighted by atomic mass is 9.64. The average Bonchev–Trinajstić information content (AvgIpc) is 2.82. The lowest BCUT2D eigenvalue weighted by molar-refractivity contribution is -0.129. The van der Waals surface area contributed by atoms with Crippen LogP contribution >= 0.6 is 0 Å². The second-order valence-corrected chi connectivity index (χ2v) is 6.56. The van der Waals surface area contributed by atoms with E-state index in [0.717, 1.165) is 12.2 Å². The van der Waals surface area contributed by atoms with Crippen molar-refractivity contribution < 1.29 is 9.90 Å². The van der Waals surface area contributed by atoms with Crippen LogP contribution in [0.5, 0.6) is 0 Å². The topological polar surface area (TPSA) is 61.4 Å². The molecule has 2 aliphatic rings. The van der Waals surface area contributed by atoms with E-state index >= 15 is 0 Å². The van der Waals surface area contributed by atoms with Gasteiger partial charge in [-0.15, -0.1) is 0 Å². The smallest absolute Gasteiger partial charge is 0.220 e. The molecule has 3 rings (SSSR count). The highest BCUT2D eigenvalue weighted by molar-refractivity contribution is 5.78. The van der Waals surface area contributed by atoms with Crippen molar-refractivity contribution in [1.29, 1.82) is 0 Å². The number of hydrogen-bond donors (Lipinski definition) is 3. The zero-order valence-corrected chi connectivity index (χ0v) is 12.0. The molecule has 0 bridgehead atoms. The van der Waals surface area contributed by atoms with Gasteiger partial charge in [-0.1, -0.05) is 32.0 Å². The molecule has 20 heavy (non-hydrogen) atoms. The molecule has 1 heterocycles. The molecule has 3 N–H and O–H groups in total. The molecule has 4 heteroatoms. The first kappa shape index (κ1) is 13.4. The second kappa shape index (κ2) is 4.77. The molecular formula is C16H22N2O2. The number of nitrogens with one attached hydrogen (secondary N) is 2. The predicted octanol–water partition coefficient (Wildman–Crippen LogP) is 1.86. The van der Waals surface area contributed by atoms with Gasteiger partial charge in [0.15, 0.2) is 0 Å². The first-order chi connectivity index (χ1) is 9.48. The van der Waals surface area contributed by atoms with E-state index in [2.05, 4.69) is 22.8 Å². The van der Waals surface area contributed by atoms with Crippen LogP contribution in [0.3, 0.4) is 0 Å². The van der Waals surface area contributed by atoms with Crippen LogP contribution in [0.2, 0.25) is 0 Å². The summed E-state index contributed by atoms with van der Waals surface area (Å²) in [5, 5.41) is 16.1. The molecule has 3 unspecified atom stereocenters. The number of hydrogen-bond acceptors (Lipinski definition) is 3. The number of fused-ring (bicyclic) bond motifs is 1. The van der Waals surface area contributed by atoms with Gasteiger partial charge in [-0.2, -0.15) is 0 Å². The van der Waals surface area contributed by atoms with E-state index in [1.807, 2.05) is 26.0 Å². The fourth-order valence-electron chi connectivity index (χ4n) is 3.16. The normalized spacial score (nSPS) is 30.1. The molecule has 1 aromatic carbocycles. The third-order valence-corrected chi connectivity index (χ3v) is 4.92. The number of anilines is 1. The first-order valence-electron chi connectivity index (χ1n) is 7.28. The molecule has 0 radical (unpaired) electrons. The monoisotopic (exact) mass is 274 g/mol. The maximum absolute atomic E-state index is 12.2. The zero-order chi connectivity index (χ0) is 14.3. The van der Waals surface area contributed by atoms with Gasteiger partial charge in [0, 0.05) is 36.0 Å². The Morgan fingerprint density at radius 2 is 2.20 bits per heavy atom. The maximum Gasteiger partial charge on any atom is 0.220 e. The van der Waals surface area contributed by atoms with E-state index in [0.29, 0.717) is 12.8 Å². The van der Waals surface area contributed by atoms with Crippen LogP contribution < -0.4 is 10.6 Å². The van der Waals surface area contributed by atoms with Gasteiger partial charge in [-0.05, 0) is 18.1 Å². The molecule has 0 saturated heterocycles. The van der Waals surface area contributed by atoms with Crippen LogP contribution in [0.25, 0.3) is 0 Å². The Balaban J connectivity index is 1.59. The van der Waals surface area contributed by atoms with Gasteiger partial charge < -0.3 is 15.7 Å². The fraction of sp³-hybridized carbons (Fsp3) is 0.562. The molecule has 4 nitrogen and oxygen atoms in total. The second-order valence-electron chi connectivity index (χ2n) is 6.56. The van der Waals surface area contributed by atoms with E-state index in [-0.39, 0.29) is 29.4 Å². The van der Waals surface area contributed by atoms with Gasteiger partial charge in [0.05, 0.1) is 6.10 Å². The van der Waals surface area contributed by atoms with Crippen molar-refractivity contribution in [2.45, 2.75) is 44.8 Å². The molecule has 0 aromatic heterocycles. The minimum absolute atomic E-state index is 0.0819. The highest BCUT2D eigenvalue weighted by Gasteiger charge is 2.48. The van der Waals surface area contributed by atoms with Gasteiger partial charge in [-0.3, -0.25) is 4.79 Å². The molecule has 1 amide bonds. The van der Waals surface area contributed by atoms with Gasteiger partial charge in [0.25, 0.3) is 0 Å². The Labute approximate surface area is 119 Å². The van der Waals surface area contributed by atoms with Crippen LogP contribution in [0.15, 0.2) is 24.3 Å². The summed E-state index contributed by atoms with van der Waals surface area (Å²) in [4.78, 5) is 12.2. The molecule has 3 atom stereocenters. The fourth-order valence-corrected chi connectivity index (χ4v) is 3.16. The van der Waals surface area contributed by atoms with Crippen LogP contribution in [-0.4, -0.2) is 29.7 Å². The summed E-state index contributed by atoms with van der Waals surface area (Å²) in [6.07, 6.45) is 0.868. The number of carbonyl (C=O) groups is 1. The number of carbonyl (C=O) groups excluding carboxylic acids is 1. The minimum Gasteiger partial charge on any atom is -0.392 e. The van der Waals surface area contributed by atoms with Gasteiger partial charge in [0.2, 0.25) is 5.91 Å². The van der Waals surface area contributed by atoms with Crippen molar-refractivity contribution in [3.05, 3.63) is 29.8 Å². The Kier molecular flexibility index (Phi) is 3.21. The van der Waals surface area contributed by atoms with Gasteiger partial charge in [-0.25, -0.2) is 0 Å². The highest BCUT2D eigenvalue weighted by atomic mass is 16.3. The summed E-state index contributed by atoms with van der Waals surface area (Å²) in [6.45, 7) is 4.82. The largest absolute Gasteiger partial charge is 0.392 e. The zero-order valence-electron chi connectivity index (χ0n) is 12.0. The Morgan fingerprint density at radius 1 is 1.45 bits per heavy atom. The van der Waals surface area contributed by atoms with Gasteiger partial charge in [0.1, 0.15) is 0 Å². The molecule has 1 fully saturated rings. The standard InChI is InChI=1S/C16H22N2O2/c1-16(2)13(8-14(16)19)18-15(20)7-10-9-17-12-6-4-3-5-11(10)12/h3-6,10,13-14,17,19H,7-9H2,1-2H3,(H,18,20). The quantitative estimate of drug-likeness (QED) is 0.788. The number of amides is 1. The highest BCUT2D eigenvalue weighted by Crippen LogP contribution is 2.40. The van der Waals surface area contributed by atoms with Gasteiger partial charge >= 0.3 is 0 Å². The molecule has 1 aliphatic carbocycles. The number of para-hydroxylation sites is 1. The average molecular weight is 274 g/mol. The van der Waals surface area contributed by atoms with Crippen molar-refractivity contribution in [3.63, 3.8) is 0 Å². The van der Waals surface area contributed by atoms with Crippen molar-refractivity contribution in [2.75, 3.05) is 11.9 Å². The van der Waals surface area contributed by atoms with Crippen molar-refractivity contribution in [1.82, 2.24) is 5.32 Å². The SMILES string of the molecule is CC1(C)C(O)CC1NC(=O)CC1CNc2ccccc21. The Bertz CT molecular complexity index is 527. The van der Waals surface area contributed by atoms with Crippen LogP contribution in [0.4, 0.5) is 5.69 Å². The Hall–Kier alpha value is -1.55. The minimum atomic E-state index is -0.304. The molecule has 108 valence electrons. The third kappa shape index (κ3) is 2.18. The summed E-state index contributed by atoms with van der Waals surface area (Å²) in [6, 6.07) is 8.26. The number of rotatable bonds is 3. The predicted molar refractivity (Wildman–Crippen MR) is 78.6 cm³/mol. The van der Waals surface area contributed by atoms with Crippen molar-refractivity contribution in [2.24, 2.45) is 5.41 Å². The molecule has 0 spiro atoms. The summed E-state index contributed by atoms with van der Waals surface area (Å²) in [7, 11) is 0. The van der Waals surface area contributed by atoms with E-state index in [9.17, 15) is 9.90 Å². The van der Waals surface area contributed by atoms with Crippen molar-refractivity contribution >= 4 is 11.6 Å². The van der Waals surface area contributed by atoms with Crippen molar-refractivity contribution in [3.8, 4) is 0 Å². The maximum atomic E-state index is 12.2. The molecular weight excluding hydrogens is 252 g/mol. The van der Waals surface area contributed by atoms with E-state index in [1.165, 1.54) is 5.56 Å². The van der Waals surface area contributed by atoms with Crippen LogP contribution in [-0.2, 0) is 4.79 Å². The first-order valence-corrected chi connectivity index (χ1v) is 7.28. The number of aliphatic hydroxyl groups excluding tert-OH is 1. The summed E-state index contributed by atoms with van der Waals surface area (Å²) in [5.41, 5.74) is 2.17. The number of benzene rings is 1. The summed E-state index contributed by atoms with van der Waals surface area (Å²) >= 11 is 0.